The molecule has 6 nitrogen and oxygen atoms in total. The van der Waals surface area contributed by atoms with E-state index in [1.165, 1.54) is 0 Å². The number of amides is 1. The molecule has 0 spiro atoms. The minimum absolute atomic E-state index is 0.0821. The molecule has 0 aliphatic heterocycles. The van der Waals surface area contributed by atoms with Gasteiger partial charge in [-0.3, -0.25) is 14.4 Å². The Hall–Kier alpha value is -3.15. The molecule has 28 heavy (non-hydrogen) atoms. The lowest BCUT2D eigenvalue weighted by atomic mass is 10.1. The Morgan fingerprint density at radius 3 is 2.36 bits per heavy atom. The molecule has 2 aromatic rings. The van der Waals surface area contributed by atoms with Crippen LogP contribution in [0.15, 0.2) is 48.5 Å². The number of nitrogens with one attached hydrogen (secondary N) is 1. The first-order valence-corrected chi connectivity index (χ1v) is 9.24. The van der Waals surface area contributed by atoms with Crippen LogP contribution in [0.1, 0.15) is 42.1 Å². The minimum atomic E-state index is -0.497. The number of Topliss-reactive ketones (excluding diaryl/α,β-unsaturated/α-hetero) is 1. The molecule has 0 saturated heterocycles. The fourth-order valence-corrected chi connectivity index (χ4v) is 2.63. The van der Waals surface area contributed by atoms with Crippen LogP contribution in [0, 0.1) is 0 Å². The minimum Gasteiger partial charge on any atom is -0.497 e. The number of ether oxygens (including phenoxy) is 2. The van der Waals surface area contributed by atoms with Crippen LogP contribution in [0.4, 0.5) is 5.69 Å². The fourth-order valence-electron chi connectivity index (χ4n) is 2.63. The van der Waals surface area contributed by atoms with Crippen LogP contribution < -0.4 is 10.1 Å². The Balaban J connectivity index is 1.69. The summed E-state index contributed by atoms with van der Waals surface area (Å²) in [7, 11) is 1.54. The normalized spacial score (nSPS) is 10.2. The van der Waals surface area contributed by atoms with E-state index < -0.39 is 5.97 Å². The molecule has 0 aromatic heterocycles. The number of esters is 1. The second kappa shape index (κ2) is 10.9. The first-order chi connectivity index (χ1) is 13.5. The van der Waals surface area contributed by atoms with Gasteiger partial charge in [-0.15, -0.1) is 0 Å². The van der Waals surface area contributed by atoms with Crippen molar-refractivity contribution in [2.75, 3.05) is 19.0 Å². The molecule has 0 bridgehead atoms. The number of carbonyl (C=O) groups is 3. The van der Waals surface area contributed by atoms with Gasteiger partial charge in [-0.25, -0.2) is 0 Å². The van der Waals surface area contributed by atoms with Gasteiger partial charge in [-0.2, -0.15) is 0 Å². The topological polar surface area (TPSA) is 81.7 Å². The molecular formula is C22H25NO5. The molecule has 0 aliphatic carbocycles. The summed E-state index contributed by atoms with van der Waals surface area (Å²) >= 11 is 0. The molecule has 1 N–H and O–H groups in total. The van der Waals surface area contributed by atoms with Crippen LogP contribution >= 0.6 is 0 Å². The lowest BCUT2D eigenvalue weighted by molar-refractivity contribution is -0.142. The van der Waals surface area contributed by atoms with E-state index >= 15 is 0 Å². The van der Waals surface area contributed by atoms with Gasteiger partial charge in [0.2, 0.25) is 5.91 Å². The predicted molar refractivity (Wildman–Crippen MR) is 107 cm³/mol. The third-order valence-corrected chi connectivity index (χ3v) is 4.23. The van der Waals surface area contributed by atoms with E-state index in [-0.39, 0.29) is 31.1 Å². The summed E-state index contributed by atoms with van der Waals surface area (Å²) in [6.07, 6.45) is 1.47. The van der Waals surface area contributed by atoms with E-state index in [1.807, 2.05) is 31.2 Å². The summed E-state index contributed by atoms with van der Waals surface area (Å²) in [6, 6.07) is 14.2. The molecule has 1 amide bonds. The number of carbonyl (C=O) groups excluding carboxylic acids is 3. The molecule has 2 rings (SSSR count). The molecule has 6 heteroatoms. The highest BCUT2D eigenvalue weighted by molar-refractivity contribution is 5.98. The third-order valence-electron chi connectivity index (χ3n) is 4.23. The summed E-state index contributed by atoms with van der Waals surface area (Å²) in [6.45, 7) is 1.70. The van der Waals surface area contributed by atoms with Crippen molar-refractivity contribution in [1.29, 1.82) is 0 Å². The van der Waals surface area contributed by atoms with Crippen molar-refractivity contribution in [3.63, 3.8) is 0 Å². The van der Waals surface area contributed by atoms with Gasteiger partial charge in [-0.05, 0) is 48.7 Å². The van der Waals surface area contributed by atoms with Crippen molar-refractivity contribution in [3.05, 3.63) is 59.7 Å². The molecule has 0 aliphatic rings. The second-order valence-corrected chi connectivity index (χ2v) is 6.22. The standard InChI is InChI=1S/C22H25NO5/c1-3-16-7-4-5-8-19(16)23-21(25)9-6-10-22(26)28-15-20(24)17-11-13-18(27-2)14-12-17/h4-5,7-8,11-14H,3,6,9-10,15H2,1-2H3,(H,23,25). The van der Waals surface area contributed by atoms with E-state index in [0.717, 1.165) is 17.7 Å². The van der Waals surface area contributed by atoms with Gasteiger partial charge in [0, 0.05) is 24.1 Å². The Morgan fingerprint density at radius 1 is 0.964 bits per heavy atom. The predicted octanol–water partition coefficient (Wildman–Crippen LogP) is 3.79. The summed E-state index contributed by atoms with van der Waals surface area (Å²) in [5.74, 6) is -0.287. The molecule has 0 heterocycles. The number of benzene rings is 2. The highest BCUT2D eigenvalue weighted by Crippen LogP contribution is 2.16. The number of anilines is 1. The van der Waals surface area contributed by atoms with Crippen molar-refractivity contribution in [2.24, 2.45) is 0 Å². The fraction of sp³-hybridized carbons (Fsp3) is 0.318. The summed E-state index contributed by atoms with van der Waals surface area (Å²) in [5.41, 5.74) is 2.30. The van der Waals surface area contributed by atoms with Gasteiger partial charge in [0.25, 0.3) is 0 Å². The molecule has 0 fully saturated rings. The maximum Gasteiger partial charge on any atom is 0.306 e. The van der Waals surface area contributed by atoms with Gasteiger partial charge in [-0.1, -0.05) is 25.1 Å². The Bertz CT molecular complexity index is 814. The van der Waals surface area contributed by atoms with Crippen LogP contribution in [-0.4, -0.2) is 31.4 Å². The van der Waals surface area contributed by atoms with Gasteiger partial charge in [0.05, 0.1) is 7.11 Å². The lowest BCUT2D eigenvalue weighted by Crippen LogP contribution is -2.16. The number of ketones is 1. The second-order valence-electron chi connectivity index (χ2n) is 6.22. The van der Waals surface area contributed by atoms with Crippen LogP contribution in [0.5, 0.6) is 5.75 Å². The van der Waals surface area contributed by atoms with Crippen molar-refractivity contribution >= 4 is 23.3 Å². The third kappa shape index (κ3) is 6.54. The maximum absolute atomic E-state index is 12.0. The summed E-state index contributed by atoms with van der Waals surface area (Å²) in [4.78, 5) is 35.8. The van der Waals surface area contributed by atoms with Crippen LogP contribution in [0.25, 0.3) is 0 Å². The number of aryl methyl sites for hydroxylation is 1. The lowest BCUT2D eigenvalue weighted by Gasteiger charge is -2.09. The van der Waals surface area contributed by atoms with Gasteiger partial charge < -0.3 is 14.8 Å². The monoisotopic (exact) mass is 383 g/mol. The van der Waals surface area contributed by atoms with Gasteiger partial charge in [0.15, 0.2) is 12.4 Å². The SMILES string of the molecule is CCc1ccccc1NC(=O)CCCC(=O)OCC(=O)c1ccc(OC)cc1. The summed E-state index contributed by atoms with van der Waals surface area (Å²) < 4.78 is 10.0. The zero-order valence-corrected chi connectivity index (χ0v) is 16.2. The van der Waals surface area contributed by atoms with Crippen LogP contribution in [0.3, 0.4) is 0 Å². The van der Waals surface area contributed by atoms with E-state index in [2.05, 4.69) is 5.32 Å². The molecule has 148 valence electrons. The zero-order valence-electron chi connectivity index (χ0n) is 16.2. The Morgan fingerprint density at radius 2 is 1.68 bits per heavy atom. The zero-order chi connectivity index (χ0) is 20.4. The number of methoxy groups -OCH3 is 1. The van der Waals surface area contributed by atoms with Crippen molar-refractivity contribution < 1.29 is 23.9 Å². The first kappa shape index (κ1) is 21.2. The molecular weight excluding hydrogens is 358 g/mol. The molecule has 0 atom stereocenters. The smallest absolute Gasteiger partial charge is 0.306 e. The van der Waals surface area contributed by atoms with E-state index in [9.17, 15) is 14.4 Å². The number of rotatable bonds is 10. The average Bonchev–Trinajstić information content (AvgIpc) is 2.72. The van der Waals surface area contributed by atoms with Crippen LogP contribution in [-0.2, 0) is 20.7 Å². The maximum atomic E-state index is 12.0. The Labute approximate surface area is 164 Å². The molecule has 0 saturated carbocycles. The highest BCUT2D eigenvalue weighted by Gasteiger charge is 2.11. The van der Waals surface area contributed by atoms with E-state index in [1.54, 1.807) is 31.4 Å². The highest BCUT2D eigenvalue weighted by atomic mass is 16.5. The number of hydrogen-bond donors (Lipinski definition) is 1. The number of para-hydroxylation sites is 1. The molecule has 2 aromatic carbocycles. The molecule has 0 radical (unpaired) electrons. The molecule has 0 unspecified atom stereocenters. The van der Waals surface area contributed by atoms with E-state index in [0.29, 0.717) is 17.7 Å². The van der Waals surface area contributed by atoms with Gasteiger partial charge >= 0.3 is 5.97 Å². The largest absolute Gasteiger partial charge is 0.497 e. The van der Waals surface area contributed by atoms with E-state index in [4.69, 9.17) is 9.47 Å². The number of hydrogen-bond acceptors (Lipinski definition) is 5. The quantitative estimate of drug-likeness (QED) is 0.499. The first-order valence-electron chi connectivity index (χ1n) is 9.24. The van der Waals surface area contributed by atoms with Crippen LogP contribution in [0.2, 0.25) is 0 Å². The van der Waals surface area contributed by atoms with Gasteiger partial charge in [0.1, 0.15) is 5.75 Å². The van der Waals surface area contributed by atoms with Crippen molar-refractivity contribution in [3.8, 4) is 5.75 Å². The van der Waals surface area contributed by atoms with Crippen molar-refractivity contribution in [1.82, 2.24) is 0 Å². The summed E-state index contributed by atoms with van der Waals surface area (Å²) in [5, 5.41) is 2.86. The average molecular weight is 383 g/mol. The van der Waals surface area contributed by atoms with Crippen molar-refractivity contribution in [2.45, 2.75) is 32.6 Å². The Kier molecular flexibility index (Phi) is 8.21.